The zero-order chi connectivity index (χ0) is 13.5. The second-order valence-electron chi connectivity index (χ2n) is 4.57. The maximum Gasteiger partial charge on any atom is 0.253 e. The molecule has 0 aliphatic rings. The van der Waals surface area contributed by atoms with Crippen LogP contribution in [0.2, 0.25) is 0 Å². The standard InChI is InChI=1S/C15H20N2O/c1-4-17(11-5-10-16)15(18)14-8-6-13(7-9-14)12(2)3/h6-9,12H,4-5,11H2,1-3H3. The first-order chi connectivity index (χ1) is 8.60. The number of amides is 1. The number of hydrogen-bond donors (Lipinski definition) is 0. The van der Waals surface area contributed by atoms with E-state index < -0.39 is 0 Å². The minimum absolute atomic E-state index is 0.00283. The van der Waals surface area contributed by atoms with E-state index in [1.54, 1.807) is 4.90 Å². The number of nitrogens with zero attached hydrogens (tertiary/aromatic N) is 2. The van der Waals surface area contributed by atoms with Crippen LogP contribution >= 0.6 is 0 Å². The molecule has 0 aliphatic carbocycles. The van der Waals surface area contributed by atoms with E-state index >= 15 is 0 Å². The van der Waals surface area contributed by atoms with E-state index in [2.05, 4.69) is 19.9 Å². The molecule has 1 aromatic rings. The lowest BCUT2D eigenvalue weighted by Gasteiger charge is -2.19. The molecule has 0 atom stereocenters. The summed E-state index contributed by atoms with van der Waals surface area (Å²) in [5.74, 6) is 0.470. The molecule has 0 aromatic heterocycles. The van der Waals surface area contributed by atoms with Gasteiger partial charge < -0.3 is 4.90 Å². The van der Waals surface area contributed by atoms with Crippen LogP contribution in [0.4, 0.5) is 0 Å². The zero-order valence-corrected chi connectivity index (χ0v) is 11.3. The molecule has 0 unspecified atom stereocenters. The number of rotatable bonds is 5. The fourth-order valence-electron chi connectivity index (χ4n) is 1.78. The molecule has 0 heterocycles. The molecule has 0 saturated carbocycles. The Hall–Kier alpha value is -1.82. The minimum Gasteiger partial charge on any atom is -0.338 e. The van der Waals surface area contributed by atoms with Crippen LogP contribution in [0.15, 0.2) is 24.3 Å². The highest BCUT2D eigenvalue weighted by Crippen LogP contribution is 2.15. The molecule has 0 saturated heterocycles. The fourth-order valence-corrected chi connectivity index (χ4v) is 1.78. The van der Waals surface area contributed by atoms with E-state index in [9.17, 15) is 4.79 Å². The van der Waals surface area contributed by atoms with Crippen molar-refractivity contribution in [2.75, 3.05) is 13.1 Å². The van der Waals surface area contributed by atoms with E-state index in [-0.39, 0.29) is 5.91 Å². The van der Waals surface area contributed by atoms with Gasteiger partial charge in [-0.25, -0.2) is 0 Å². The Kier molecular flexibility index (Phi) is 5.38. The van der Waals surface area contributed by atoms with Crippen LogP contribution in [0.25, 0.3) is 0 Å². The molecule has 0 N–H and O–H groups in total. The molecule has 0 fully saturated rings. The summed E-state index contributed by atoms with van der Waals surface area (Å²) in [6.45, 7) is 7.31. The van der Waals surface area contributed by atoms with Crippen LogP contribution in [-0.4, -0.2) is 23.9 Å². The van der Waals surface area contributed by atoms with Gasteiger partial charge in [0, 0.05) is 18.7 Å². The molecule has 1 amide bonds. The van der Waals surface area contributed by atoms with Gasteiger partial charge in [-0.1, -0.05) is 26.0 Å². The van der Waals surface area contributed by atoms with Crippen molar-refractivity contribution in [2.45, 2.75) is 33.1 Å². The van der Waals surface area contributed by atoms with Crippen molar-refractivity contribution in [3.8, 4) is 6.07 Å². The average Bonchev–Trinajstić information content (AvgIpc) is 2.39. The lowest BCUT2D eigenvalue weighted by molar-refractivity contribution is 0.0768. The second kappa shape index (κ2) is 6.80. The lowest BCUT2D eigenvalue weighted by Crippen LogP contribution is -2.31. The van der Waals surface area contributed by atoms with Crippen molar-refractivity contribution in [3.63, 3.8) is 0 Å². The SMILES string of the molecule is CCN(CCC#N)C(=O)c1ccc(C(C)C)cc1. The van der Waals surface area contributed by atoms with E-state index in [4.69, 9.17) is 5.26 Å². The summed E-state index contributed by atoms with van der Waals surface area (Å²) in [4.78, 5) is 13.9. The molecular weight excluding hydrogens is 224 g/mol. The third-order valence-corrected chi connectivity index (χ3v) is 2.99. The van der Waals surface area contributed by atoms with Crippen molar-refractivity contribution in [1.29, 1.82) is 5.26 Å². The van der Waals surface area contributed by atoms with E-state index in [1.807, 2.05) is 31.2 Å². The highest BCUT2D eigenvalue weighted by atomic mass is 16.2. The Morgan fingerprint density at radius 2 is 1.94 bits per heavy atom. The van der Waals surface area contributed by atoms with Crippen molar-refractivity contribution in [2.24, 2.45) is 0 Å². The molecular formula is C15H20N2O. The average molecular weight is 244 g/mol. The largest absolute Gasteiger partial charge is 0.338 e. The maximum absolute atomic E-state index is 12.2. The predicted molar refractivity (Wildman–Crippen MR) is 72.3 cm³/mol. The Bertz CT molecular complexity index is 429. The summed E-state index contributed by atoms with van der Waals surface area (Å²) in [7, 11) is 0. The van der Waals surface area contributed by atoms with Crippen LogP contribution in [0, 0.1) is 11.3 Å². The Morgan fingerprint density at radius 1 is 1.33 bits per heavy atom. The highest BCUT2D eigenvalue weighted by molar-refractivity contribution is 5.94. The van der Waals surface area contributed by atoms with Crippen molar-refractivity contribution < 1.29 is 4.79 Å². The number of benzene rings is 1. The first kappa shape index (κ1) is 14.2. The number of carbonyl (C=O) groups is 1. The molecule has 1 rings (SSSR count). The third-order valence-electron chi connectivity index (χ3n) is 2.99. The number of nitriles is 1. The van der Waals surface area contributed by atoms with Crippen LogP contribution in [0.5, 0.6) is 0 Å². The minimum atomic E-state index is 0.00283. The topological polar surface area (TPSA) is 44.1 Å². The van der Waals surface area contributed by atoms with Crippen molar-refractivity contribution >= 4 is 5.91 Å². The summed E-state index contributed by atoms with van der Waals surface area (Å²) < 4.78 is 0. The van der Waals surface area contributed by atoms with Gasteiger partial charge in [0.05, 0.1) is 12.5 Å². The first-order valence-electron chi connectivity index (χ1n) is 6.36. The molecule has 0 spiro atoms. The lowest BCUT2D eigenvalue weighted by atomic mass is 10.0. The molecule has 3 nitrogen and oxygen atoms in total. The summed E-state index contributed by atoms with van der Waals surface area (Å²) in [6, 6.07) is 9.80. The third kappa shape index (κ3) is 3.59. The molecule has 0 bridgehead atoms. The Labute approximate surface area is 109 Å². The number of carbonyl (C=O) groups excluding carboxylic acids is 1. The van der Waals surface area contributed by atoms with Crippen molar-refractivity contribution in [1.82, 2.24) is 4.90 Å². The maximum atomic E-state index is 12.2. The number of hydrogen-bond acceptors (Lipinski definition) is 2. The van der Waals surface area contributed by atoms with E-state index in [0.717, 1.165) is 0 Å². The van der Waals surface area contributed by atoms with Crippen molar-refractivity contribution in [3.05, 3.63) is 35.4 Å². The van der Waals surface area contributed by atoms with Gasteiger partial charge in [-0.05, 0) is 30.5 Å². The molecule has 3 heteroatoms. The zero-order valence-electron chi connectivity index (χ0n) is 11.3. The smallest absolute Gasteiger partial charge is 0.253 e. The Balaban J connectivity index is 2.79. The Morgan fingerprint density at radius 3 is 2.39 bits per heavy atom. The van der Waals surface area contributed by atoms with Gasteiger partial charge in [-0.2, -0.15) is 5.26 Å². The van der Waals surface area contributed by atoms with E-state index in [1.165, 1.54) is 5.56 Å². The highest BCUT2D eigenvalue weighted by Gasteiger charge is 2.13. The van der Waals surface area contributed by atoms with Crippen LogP contribution < -0.4 is 0 Å². The van der Waals surface area contributed by atoms with Gasteiger partial charge in [0.1, 0.15) is 0 Å². The van der Waals surface area contributed by atoms with Crippen LogP contribution in [0.1, 0.15) is 49.0 Å². The summed E-state index contributed by atoms with van der Waals surface area (Å²) in [6.07, 6.45) is 0.379. The summed E-state index contributed by atoms with van der Waals surface area (Å²) in [5.41, 5.74) is 1.92. The van der Waals surface area contributed by atoms with Crippen LogP contribution in [0.3, 0.4) is 0 Å². The van der Waals surface area contributed by atoms with Gasteiger partial charge in [0.2, 0.25) is 0 Å². The normalized spacial score (nSPS) is 10.2. The predicted octanol–water partition coefficient (Wildman–Crippen LogP) is 3.19. The van der Waals surface area contributed by atoms with Gasteiger partial charge in [-0.3, -0.25) is 4.79 Å². The van der Waals surface area contributed by atoms with Gasteiger partial charge in [-0.15, -0.1) is 0 Å². The summed E-state index contributed by atoms with van der Waals surface area (Å²) in [5, 5.41) is 8.57. The molecule has 18 heavy (non-hydrogen) atoms. The quantitative estimate of drug-likeness (QED) is 0.798. The fraction of sp³-hybridized carbons (Fsp3) is 0.467. The summed E-state index contributed by atoms with van der Waals surface area (Å²) >= 11 is 0. The molecule has 0 radical (unpaired) electrons. The van der Waals surface area contributed by atoms with Gasteiger partial charge in [0.25, 0.3) is 5.91 Å². The monoisotopic (exact) mass is 244 g/mol. The second-order valence-corrected chi connectivity index (χ2v) is 4.57. The van der Waals surface area contributed by atoms with Crippen LogP contribution in [-0.2, 0) is 0 Å². The van der Waals surface area contributed by atoms with Gasteiger partial charge >= 0.3 is 0 Å². The van der Waals surface area contributed by atoms with Gasteiger partial charge in [0.15, 0.2) is 0 Å². The van der Waals surface area contributed by atoms with E-state index in [0.29, 0.717) is 31.0 Å². The molecule has 96 valence electrons. The molecule has 1 aromatic carbocycles. The molecule has 0 aliphatic heterocycles. The first-order valence-corrected chi connectivity index (χ1v) is 6.36.